The molecule has 0 unspecified atom stereocenters. The van der Waals surface area contributed by atoms with E-state index in [2.05, 4.69) is 15.6 Å². The third-order valence-corrected chi connectivity index (χ3v) is 9.73. The highest BCUT2D eigenvalue weighted by atomic mass is 32.1. The second kappa shape index (κ2) is 18.9. The number of likely N-dealkylation sites (tertiary alicyclic amines) is 1. The molecular formula is C36H54N4O6S. The van der Waals surface area contributed by atoms with Crippen LogP contribution < -0.4 is 10.6 Å². The van der Waals surface area contributed by atoms with Gasteiger partial charge in [-0.3, -0.25) is 19.2 Å². The van der Waals surface area contributed by atoms with Crippen molar-refractivity contribution in [2.75, 3.05) is 6.54 Å². The highest BCUT2D eigenvalue weighted by molar-refractivity contribution is 7.13. The van der Waals surface area contributed by atoms with Gasteiger partial charge < -0.3 is 25.7 Å². The Bertz CT molecular complexity index is 1310. The average molecular weight is 671 g/mol. The first-order valence-corrected chi connectivity index (χ1v) is 18.0. The molecule has 3 amide bonds. The summed E-state index contributed by atoms with van der Waals surface area (Å²) in [4.78, 5) is 57.4. The van der Waals surface area contributed by atoms with Gasteiger partial charge in [0, 0.05) is 32.4 Å². The molecule has 11 heteroatoms. The summed E-state index contributed by atoms with van der Waals surface area (Å²) in [6.07, 6.45) is 9.96. The van der Waals surface area contributed by atoms with Crippen molar-refractivity contribution >= 4 is 35.0 Å². The van der Waals surface area contributed by atoms with Crippen LogP contribution in [0.2, 0.25) is 0 Å². The van der Waals surface area contributed by atoms with E-state index in [4.69, 9.17) is 5.11 Å². The maximum Gasteiger partial charge on any atom is 0.303 e. The van der Waals surface area contributed by atoms with E-state index in [1.807, 2.05) is 57.5 Å². The molecule has 3 atom stereocenters. The van der Waals surface area contributed by atoms with Crippen LogP contribution in [-0.4, -0.2) is 68.5 Å². The Morgan fingerprint density at radius 2 is 1.51 bits per heavy atom. The molecule has 1 aromatic heterocycles. The molecule has 0 spiro atoms. The fourth-order valence-corrected chi connectivity index (χ4v) is 6.80. The van der Waals surface area contributed by atoms with Gasteiger partial charge in [0.1, 0.15) is 12.1 Å². The number of β-amino-alcohol motifs (C(OH)–C–C–N with tert-alkyl or cyclic N) is 1. The summed E-state index contributed by atoms with van der Waals surface area (Å²) < 4.78 is 0. The number of carbonyl (C=O) groups is 4. The highest BCUT2D eigenvalue weighted by Gasteiger charge is 2.44. The average Bonchev–Trinajstić information content (AvgIpc) is 3.63. The van der Waals surface area contributed by atoms with E-state index in [0.29, 0.717) is 13.0 Å². The third-order valence-electron chi connectivity index (χ3n) is 8.76. The van der Waals surface area contributed by atoms with Crippen LogP contribution in [0.3, 0.4) is 0 Å². The molecule has 0 aliphatic carbocycles. The van der Waals surface area contributed by atoms with E-state index in [1.54, 1.807) is 11.3 Å². The number of aryl methyl sites for hydroxylation is 1. The number of rotatable bonds is 19. The lowest BCUT2D eigenvalue weighted by molar-refractivity contribution is -0.144. The van der Waals surface area contributed by atoms with Gasteiger partial charge in [-0.05, 0) is 36.3 Å². The minimum absolute atomic E-state index is 0.0462. The Balaban J connectivity index is 1.43. The lowest BCUT2D eigenvalue weighted by Crippen LogP contribution is -2.57. The predicted octanol–water partition coefficient (Wildman–Crippen LogP) is 5.99. The minimum Gasteiger partial charge on any atom is -0.481 e. The van der Waals surface area contributed by atoms with Crippen molar-refractivity contribution in [3.05, 3.63) is 41.0 Å². The number of hydrogen-bond acceptors (Lipinski definition) is 7. The Kier molecular flexibility index (Phi) is 15.3. The smallest absolute Gasteiger partial charge is 0.303 e. The number of carboxylic acid groups (broad SMARTS) is 1. The summed E-state index contributed by atoms with van der Waals surface area (Å²) in [6, 6.07) is 6.29. The van der Waals surface area contributed by atoms with E-state index in [0.717, 1.165) is 85.9 Å². The van der Waals surface area contributed by atoms with Crippen LogP contribution in [0.1, 0.15) is 115 Å². The predicted molar refractivity (Wildman–Crippen MR) is 185 cm³/mol. The molecule has 3 rings (SSSR count). The number of aromatic nitrogens is 1. The van der Waals surface area contributed by atoms with Gasteiger partial charge in [-0.25, -0.2) is 4.98 Å². The molecule has 1 aliphatic rings. The lowest BCUT2D eigenvalue weighted by atomic mass is 9.85. The largest absolute Gasteiger partial charge is 0.481 e. The first-order valence-electron chi connectivity index (χ1n) is 17.1. The molecule has 1 saturated heterocycles. The van der Waals surface area contributed by atoms with Crippen LogP contribution in [0.4, 0.5) is 0 Å². The number of amides is 3. The molecule has 4 N–H and O–H groups in total. The molecule has 2 aromatic rings. The van der Waals surface area contributed by atoms with Crippen LogP contribution >= 0.6 is 11.3 Å². The number of hydrogen-bond donors (Lipinski definition) is 4. The van der Waals surface area contributed by atoms with E-state index >= 15 is 0 Å². The van der Waals surface area contributed by atoms with E-state index in [9.17, 15) is 24.3 Å². The first-order chi connectivity index (χ1) is 22.4. The maximum atomic E-state index is 13.8. The molecule has 0 bridgehead atoms. The third kappa shape index (κ3) is 12.7. The molecule has 47 heavy (non-hydrogen) atoms. The number of nitrogens with one attached hydrogen (secondary N) is 2. The zero-order valence-corrected chi connectivity index (χ0v) is 29.4. The normalized spacial score (nSPS) is 17.0. The maximum absolute atomic E-state index is 13.8. The van der Waals surface area contributed by atoms with Gasteiger partial charge in [0.05, 0.1) is 22.2 Å². The number of aliphatic hydroxyl groups excluding tert-OH is 1. The van der Waals surface area contributed by atoms with Gasteiger partial charge in [-0.15, -0.1) is 11.3 Å². The van der Waals surface area contributed by atoms with Gasteiger partial charge >= 0.3 is 5.97 Å². The van der Waals surface area contributed by atoms with Crippen LogP contribution in [-0.2, 0) is 25.7 Å². The minimum atomic E-state index is -0.825. The molecule has 1 fully saturated rings. The summed E-state index contributed by atoms with van der Waals surface area (Å²) in [5, 5.41) is 25.0. The van der Waals surface area contributed by atoms with Crippen molar-refractivity contribution in [3.63, 3.8) is 0 Å². The van der Waals surface area contributed by atoms with E-state index in [1.165, 1.54) is 4.90 Å². The number of aliphatic carboxylic acids is 1. The molecule has 10 nitrogen and oxygen atoms in total. The SMILES string of the molecule is Cc1ncsc1-c1ccc(CNC(=O)[C@@H]2C[C@@H](O)CN2C(=O)[C@@H](NC(=O)CCCCCCCCCCCCC(=O)O)C(C)(C)C)cc1. The van der Waals surface area contributed by atoms with E-state index in [-0.39, 0.29) is 37.1 Å². The second-order valence-electron chi connectivity index (χ2n) is 13.9. The summed E-state index contributed by atoms with van der Waals surface area (Å²) in [5.74, 6) is -1.59. The fraction of sp³-hybridized carbons (Fsp3) is 0.639. The number of thiazole rings is 1. The molecule has 0 radical (unpaired) electrons. The molecule has 1 aromatic carbocycles. The molecule has 2 heterocycles. The zero-order valence-electron chi connectivity index (χ0n) is 28.6. The zero-order chi connectivity index (χ0) is 34.4. The van der Waals surface area contributed by atoms with Crippen molar-refractivity contribution in [2.45, 2.75) is 136 Å². The number of unbranched alkanes of at least 4 members (excludes halogenated alkanes) is 9. The highest BCUT2D eigenvalue weighted by Crippen LogP contribution is 2.28. The Hall–Kier alpha value is -3.31. The number of benzene rings is 1. The molecular weight excluding hydrogens is 616 g/mol. The monoisotopic (exact) mass is 670 g/mol. The van der Waals surface area contributed by atoms with Crippen LogP contribution in [0.5, 0.6) is 0 Å². The molecule has 0 saturated carbocycles. The van der Waals surface area contributed by atoms with Crippen molar-refractivity contribution < 1.29 is 29.4 Å². The summed E-state index contributed by atoms with van der Waals surface area (Å²) >= 11 is 1.59. The molecule has 260 valence electrons. The van der Waals surface area contributed by atoms with Crippen molar-refractivity contribution in [3.8, 4) is 10.4 Å². The number of aliphatic hydroxyl groups is 1. The standard InChI is InChI=1S/C36H54N4O6S/c1-25-32(47-24-38-25)27-19-17-26(18-20-27)22-37-34(45)29-21-28(41)23-40(29)35(46)33(36(2,3)4)39-30(42)15-13-11-9-7-5-6-8-10-12-14-16-31(43)44/h17-20,24,28-29,33,41H,5-16,21-23H2,1-4H3,(H,37,45)(H,39,42)(H,43,44)/t28-,29+,33-/m1/s1. The lowest BCUT2D eigenvalue weighted by Gasteiger charge is -2.35. The van der Waals surface area contributed by atoms with Crippen molar-refractivity contribution in [1.29, 1.82) is 0 Å². The number of carbonyl (C=O) groups excluding carboxylic acids is 3. The van der Waals surface area contributed by atoms with Crippen LogP contribution in [0.25, 0.3) is 10.4 Å². The van der Waals surface area contributed by atoms with E-state index < -0.39 is 29.6 Å². The van der Waals surface area contributed by atoms with Gasteiger partial charge in [0.15, 0.2) is 0 Å². The van der Waals surface area contributed by atoms with Crippen molar-refractivity contribution in [1.82, 2.24) is 20.5 Å². The van der Waals surface area contributed by atoms with Crippen LogP contribution in [0.15, 0.2) is 29.8 Å². The van der Waals surface area contributed by atoms with Crippen LogP contribution in [0, 0.1) is 12.3 Å². The molecule has 1 aliphatic heterocycles. The Morgan fingerprint density at radius 1 is 0.936 bits per heavy atom. The van der Waals surface area contributed by atoms with Gasteiger partial charge in [-0.1, -0.05) is 96.4 Å². The Labute approximate surface area is 283 Å². The van der Waals surface area contributed by atoms with Gasteiger partial charge in [0.25, 0.3) is 0 Å². The first kappa shape index (κ1) is 38.1. The Morgan fingerprint density at radius 3 is 2.04 bits per heavy atom. The summed E-state index contributed by atoms with van der Waals surface area (Å²) in [6.45, 7) is 7.99. The summed E-state index contributed by atoms with van der Waals surface area (Å²) in [7, 11) is 0. The fourth-order valence-electron chi connectivity index (χ4n) is 5.99. The quantitative estimate of drug-likeness (QED) is 0.134. The van der Waals surface area contributed by atoms with Crippen molar-refractivity contribution in [2.24, 2.45) is 5.41 Å². The number of nitrogens with zero attached hydrogens (tertiary/aromatic N) is 2. The van der Waals surface area contributed by atoms with Gasteiger partial charge in [-0.2, -0.15) is 0 Å². The second-order valence-corrected chi connectivity index (χ2v) is 14.7. The van der Waals surface area contributed by atoms with Gasteiger partial charge in [0.2, 0.25) is 17.7 Å². The topological polar surface area (TPSA) is 149 Å². The summed E-state index contributed by atoms with van der Waals surface area (Å²) in [5.41, 5.74) is 4.20. The number of carboxylic acids is 1.